The van der Waals surface area contributed by atoms with Crippen molar-refractivity contribution in [3.05, 3.63) is 35.4 Å². The number of esters is 1. The van der Waals surface area contributed by atoms with Crippen molar-refractivity contribution < 1.29 is 24.2 Å². The normalized spacial score (nSPS) is 10.8. The Balaban J connectivity index is 2.85. The Labute approximate surface area is 105 Å². The van der Waals surface area contributed by atoms with Gasteiger partial charge in [0.1, 0.15) is 5.60 Å². The molecular weight excluding hydrogens is 236 g/mol. The molecule has 98 valence electrons. The third-order valence-corrected chi connectivity index (χ3v) is 2.34. The highest BCUT2D eigenvalue weighted by atomic mass is 16.7. The van der Waals surface area contributed by atoms with Crippen LogP contribution in [0.15, 0.2) is 24.3 Å². The zero-order valence-electron chi connectivity index (χ0n) is 10.6. The maximum atomic E-state index is 11.4. The first kappa shape index (κ1) is 14.0. The fourth-order valence-corrected chi connectivity index (χ4v) is 1.69. The molecule has 0 amide bonds. The molecule has 18 heavy (non-hydrogen) atoms. The highest BCUT2D eigenvalue weighted by Gasteiger charge is 2.23. The van der Waals surface area contributed by atoms with Crippen molar-refractivity contribution in [2.45, 2.75) is 25.9 Å². The standard InChI is InChI=1S/C13H16O5/c1-13(2,18-12(15)16)8-9-5-4-6-10(7-9)11(14)17-3/h4-7H,8H2,1-3H3,(H,15,16). The first-order valence-corrected chi connectivity index (χ1v) is 5.43. The molecule has 1 aromatic carbocycles. The summed E-state index contributed by atoms with van der Waals surface area (Å²) in [5.74, 6) is -0.422. The van der Waals surface area contributed by atoms with Crippen LogP contribution in [0.25, 0.3) is 0 Å². The molecule has 1 rings (SSSR count). The van der Waals surface area contributed by atoms with E-state index in [-0.39, 0.29) is 0 Å². The van der Waals surface area contributed by atoms with E-state index in [9.17, 15) is 9.59 Å². The van der Waals surface area contributed by atoms with Crippen LogP contribution in [0.5, 0.6) is 0 Å². The van der Waals surface area contributed by atoms with E-state index < -0.39 is 17.7 Å². The predicted molar refractivity (Wildman–Crippen MR) is 64.7 cm³/mol. The quantitative estimate of drug-likeness (QED) is 0.833. The van der Waals surface area contributed by atoms with E-state index in [1.165, 1.54) is 7.11 Å². The molecule has 0 bridgehead atoms. The Morgan fingerprint density at radius 1 is 1.33 bits per heavy atom. The summed E-state index contributed by atoms with van der Waals surface area (Å²) in [7, 11) is 1.31. The summed E-state index contributed by atoms with van der Waals surface area (Å²) >= 11 is 0. The van der Waals surface area contributed by atoms with Gasteiger partial charge in [0, 0.05) is 6.42 Å². The summed E-state index contributed by atoms with van der Waals surface area (Å²) in [4.78, 5) is 21.9. The van der Waals surface area contributed by atoms with Crippen LogP contribution in [-0.2, 0) is 15.9 Å². The fourth-order valence-electron chi connectivity index (χ4n) is 1.69. The minimum absolute atomic E-state index is 0.379. The van der Waals surface area contributed by atoms with E-state index in [2.05, 4.69) is 4.74 Å². The lowest BCUT2D eigenvalue weighted by molar-refractivity contribution is 0.00420. The molecule has 0 saturated heterocycles. The number of methoxy groups -OCH3 is 1. The molecule has 5 nitrogen and oxygen atoms in total. The van der Waals surface area contributed by atoms with E-state index in [0.717, 1.165) is 5.56 Å². The predicted octanol–water partition coefficient (Wildman–Crippen LogP) is 2.49. The smallest absolute Gasteiger partial charge is 0.465 e. The minimum atomic E-state index is -1.32. The Bertz CT molecular complexity index is 450. The van der Waals surface area contributed by atoms with Crippen molar-refractivity contribution in [3.8, 4) is 0 Å². The van der Waals surface area contributed by atoms with Crippen LogP contribution in [0.4, 0.5) is 4.79 Å². The number of benzene rings is 1. The SMILES string of the molecule is COC(=O)c1cccc(CC(C)(C)OC(=O)O)c1. The summed E-state index contributed by atoms with van der Waals surface area (Å²) < 4.78 is 9.39. The van der Waals surface area contributed by atoms with Gasteiger partial charge < -0.3 is 14.6 Å². The highest BCUT2D eigenvalue weighted by Crippen LogP contribution is 2.18. The van der Waals surface area contributed by atoms with Crippen LogP contribution in [0.3, 0.4) is 0 Å². The van der Waals surface area contributed by atoms with Crippen LogP contribution < -0.4 is 0 Å². The first-order valence-electron chi connectivity index (χ1n) is 5.43. The van der Waals surface area contributed by atoms with Gasteiger partial charge in [-0.3, -0.25) is 0 Å². The first-order chi connectivity index (χ1) is 8.34. The largest absolute Gasteiger partial charge is 0.506 e. The molecule has 0 spiro atoms. The molecule has 0 aliphatic rings. The third-order valence-electron chi connectivity index (χ3n) is 2.34. The van der Waals surface area contributed by atoms with Crippen molar-refractivity contribution in [2.75, 3.05) is 7.11 Å². The monoisotopic (exact) mass is 252 g/mol. The third kappa shape index (κ3) is 4.08. The van der Waals surface area contributed by atoms with E-state index in [1.54, 1.807) is 38.1 Å². The lowest BCUT2D eigenvalue weighted by Gasteiger charge is -2.23. The molecule has 1 aromatic rings. The number of carbonyl (C=O) groups is 2. The molecule has 0 aliphatic carbocycles. The van der Waals surface area contributed by atoms with Gasteiger partial charge in [-0.2, -0.15) is 0 Å². The fraction of sp³-hybridized carbons (Fsp3) is 0.385. The molecule has 0 aromatic heterocycles. The van der Waals surface area contributed by atoms with Gasteiger partial charge in [0.25, 0.3) is 0 Å². The van der Waals surface area contributed by atoms with E-state index in [1.807, 2.05) is 0 Å². The van der Waals surface area contributed by atoms with E-state index in [0.29, 0.717) is 12.0 Å². The molecule has 5 heteroatoms. The van der Waals surface area contributed by atoms with Crippen LogP contribution in [0, 0.1) is 0 Å². The molecule has 0 aliphatic heterocycles. The number of hydrogen-bond donors (Lipinski definition) is 1. The number of rotatable bonds is 4. The Kier molecular flexibility index (Phi) is 4.31. The van der Waals surface area contributed by atoms with Crippen LogP contribution in [0.2, 0.25) is 0 Å². The number of hydrogen-bond acceptors (Lipinski definition) is 4. The van der Waals surface area contributed by atoms with E-state index in [4.69, 9.17) is 9.84 Å². The second-order valence-electron chi connectivity index (χ2n) is 4.50. The molecule has 1 N–H and O–H groups in total. The summed E-state index contributed by atoms with van der Waals surface area (Å²) in [5, 5.41) is 8.61. The van der Waals surface area contributed by atoms with Gasteiger partial charge in [-0.15, -0.1) is 0 Å². The van der Waals surface area contributed by atoms with Crippen LogP contribution in [-0.4, -0.2) is 29.9 Å². The van der Waals surface area contributed by atoms with Gasteiger partial charge in [-0.1, -0.05) is 12.1 Å². The van der Waals surface area contributed by atoms with Crippen LogP contribution >= 0.6 is 0 Å². The number of carbonyl (C=O) groups excluding carboxylic acids is 1. The molecule has 0 fully saturated rings. The van der Waals surface area contributed by atoms with Gasteiger partial charge in [0.15, 0.2) is 0 Å². The van der Waals surface area contributed by atoms with Gasteiger partial charge in [0.05, 0.1) is 12.7 Å². The Hall–Kier alpha value is -2.04. The second kappa shape index (κ2) is 5.53. The maximum Gasteiger partial charge on any atom is 0.506 e. The molecular formula is C13H16O5. The Morgan fingerprint density at radius 3 is 2.56 bits per heavy atom. The average Bonchev–Trinajstić information content (AvgIpc) is 2.25. The molecule has 0 heterocycles. The van der Waals surface area contributed by atoms with Gasteiger partial charge in [0.2, 0.25) is 0 Å². The van der Waals surface area contributed by atoms with Crippen molar-refractivity contribution in [1.82, 2.24) is 0 Å². The minimum Gasteiger partial charge on any atom is -0.465 e. The van der Waals surface area contributed by atoms with Gasteiger partial charge in [-0.25, -0.2) is 9.59 Å². The average molecular weight is 252 g/mol. The van der Waals surface area contributed by atoms with Crippen molar-refractivity contribution in [3.63, 3.8) is 0 Å². The van der Waals surface area contributed by atoms with E-state index >= 15 is 0 Å². The summed E-state index contributed by atoms with van der Waals surface area (Å²) in [6.07, 6.45) is -0.937. The summed E-state index contributed by atoms with van der Waals surface area (Å²) in [5.41, 5.74) is 0.394. The topological polar surface area (TPSA) is 72.8 Å². The molecule has 0 radical (unpaired) electrons. The highest BCUT2D eigenvalue weighted by molar-refractivity contribution is 5.89. The lowest BCUT2D eigenvalue weighted by Crippen LogP contribution is -2.29. The Morgan fingerprint density at radius 2 is 2.00 bits per heavy atom. The molecule has 0 atom stereocenters. The molecule has 0 unspecified atom stereocenters. The summed E-state index contributed by atoms with van der Waals surface area (Å²) in [6, 6.07) is 6.83. The zero-order valence-corrected chi connectivity index (χ0v) is 10.6. The lowest BCUT2D eigenvalue weighted by atomic mass is 9.97. The second-order valence-corrected chi connectivity index (χ2v) is 4.50. The summed E-state index contributed by atoms with van der Waals surface area (Å²) in [6.45, 7) is 3.35. The molecule has 0 saturated carbocycles. The van der Waals surface area contributed by atoms with Crippen molar-refractivity contribution in [2.24, 2.45) is 0 Å². The van der Waals surface area contributed by atoms with Gasteiger partial charge >= 0.3 is 12.1 Å². The number of ether oxygens (including phenoxy) is 2. The maximum absolute atomic E-state index is 11.4. The van der Waals surface area contributed by atoms with Gasteiger partial charge in [-0.05, 0) is 31.5 Å². The van der Waals surface area contributed by atoms with Crippen molar-refractivity contribution in [1.29, 1.82) is 0 Å². The van der Waals surface area contributed by atoms with Crippen molar-refractivity contribution >= 4 is 12.1 Å². The zero-order chi connectivity index (χ0) is 13.8. The number of carboxylic acid groups (broad SMARTS) is 1. The van der Waals surface area contributed by atoms with Crippen LogP contribution in [0.1, 0.15) is 29.8 Å².